The zero-order valence-electron chi connectivity index (χ0n) is 27.5. The van der Waals surface area contributed by atoms with E-state index in [0.29, 0.717) is 0 Å². The predicted octanol–water partition coefficient (Wildman–Crippen LogP) is 13.5. The Balaban J connectivity index is 1.30. The molecular formula is C48H38. The first kappa shape index (κ1) is 30.7. The van der Waals surface area contributed by atoms with Crippen molar-refractivity contribution >= 4 is 69.1 Å². The van der Waals surface area contributed by atoms with E-state index in [9.17, 15) is 0 Å². The van der Waals surface area contributed by atoms with Crippen LogP contribution >= 0.6 is 0 Å². The van der Waals surface area contributed by atoms with Gasteiger partial charge in [0, 0.05) is 0 Å². The van der Waals surface area contributed by atoms with Crippen molar-refractivity contribution in [1.82, 2.24) is 0 Å². The van der Waals surface area contributed by atoms with E-state index >= 15 is 0 Å². The lowest BCUT2D eigenvalue weighted by atomic mass is 9.95. The smallest absolute Gasteiger partial charge is 0.0171 e. The van der Waals surface area contributed by atoms with Crippen molar-refractivity contribution in [3.05, 3.63) is 202 Å². The molecule has 0 bridgehead atoms. The van der Waals surface area contributed by atoms with E-state index in [1.165, 1.54) is 77.2 Å². The first-order valence-corrected chi connectivity index (χ1v) is 16.6. The standard InChI is InChI=1S/C48H38/c1-35(37-15-5-3-6-16-37)29-41-21-11-9-19-39(41)25-27-45-33-47-31-43-23-13-14-24-44(43)32-48(47)34-46(45)28-26-40-20-10-12-22-42(40)30-36(2)38-17-7-4-8-18-38/h3-34H,1-2H3. The summed E-state index contributed by atoms with van der Waals surface area (Å²) in [6.07, 6.45) is 13.6. The molecule has 0 heterocycles. The van der Waals surface area contributed by atoms with Gasteiger partial charge in [0.2, 0.25) is 0 Å². The van der Waals surface area contributed by atoms with Crippen molar-refractivity contribution in [2.45, 2.75) is 13.8 Å². The molecule has 0 atom stereocenters. The van der Waals surface area contributed by atoms with Gasteiger partial charge >= 0.3 is 0 Å². The number of hydrogen-bond acceptors (Lipinski definition) is 0. The topological polar surface area (TPSA) is 0 Å². The van der Waals surface area contributed by atoms with E-state index in [-0.39, 0.29) is 0 Å². The molecule has 0 aliphatic heterocycles. The van der Waals surface area contributed by atoms with Crippen LogP contribution in [-0.4, -0.2) is 0 Å². The van der Waals surface area contributed by atoms with Gasteiger partial charge in [-0.2, -0.15) is 0 Å². The normalized spacial score (nSPS) is 12.5. The van der Waals surface area contributed by atoms with Gasteiger partial charge < -0.3 is 0 Å². The minimum absolute atomic E-state index is 1.18. The zero-order valence-corrected chi connectivity index (χ0v) is 27.5. The first-order chi connectivity index (χ1) is 23.6. The lowest BCUT2D eigenvalue weighted by Gasteiger charge is -2.09. The fourth-order valence-electron chi connectivity index (χ4n) is 6.30. The molecule has 7 rings (SSSR count). The highest BCUT2D eigenvalue weighted by Crippen LogP contribution is 2.30. The SMILES string of the molecule is CC(=Cc1ccccc1C=Cc1cc2cc3ccccc3cc2cc1C=Cc1ccccc1C=C(C)c1ccccc1)c1ccccc1. The molecule has 0 heteroatoms. The quantitative estimate of drug-likeness (QED) is 0.118. The second kappa shape index (κ2) is 14.2. The zero-order chi connectivity index (χ0) is 32.7. The third-order valence-corrected chi connectivity index (χ3v) is 8.99. The van der Waals surface area contributed by atoms with Gasteiger partial charge in [0.05, 0.1) is 0 Å². The van der Waals surface area contributed by atoms with Crippen LogP contribution in [0.15, 0.2) is 158 Å². The van der Waals surface area contributed by atoms with E-state index in [1.807, 2.05) is 0 Å². The van der Waals surface area contributed by atoms with E-state index < -0.39 is 0 Å². The van der Waals surface area contributed by atoms with Crippen LogP contribution in [0.2, 0.25) is 0 Å². The van der Waals surface area contributed by atoms with Crippen LogP contribution in [-0.2, 0) is 0 Å². The monoisotopic (exact) mass is 614 g/mol. The number of fused-ring (bicyclic) bond motifs is 2. The van der Waals surface area contributed by atoms with E-state index in [4.69, 9.17) is 0 Å². The maximum absolute atomic E-state index is 2.33. The average molecular weight is 615 g/mol. The first-order valence-electron chi connectivity index (χ1n) is 16.6. The van der Waals surface area contributed by atoms with Crippen LogP contribution in [0.1, 0.15) is 58.4 Å². The van der Waals surface area contributed by atoms with Gasteiger partial charge in [-0.05, 0) is 115 Å². The summed E-state index contributed by atoms with van der Waals surface area (Å²) in [5, 5.41) is 4.98. The van der Waals surface area contributed by atoms with Crippen molar-refractivity contribution in [3.8, 4) is 0 Å². The van der Waals surface area contributed by atoms with Crippen molar-refractivity contribution in [3.63, 3.8) is 0 Å². The Morgan fingerprint density at radius 1 is 0.312 bits per heavy atom. The molecule has 0 radical (unpaired) electrons. The number of rotatable bonds is 8. The third-order valence-electron chi connectivity index (χ3n) is 8.99. The van der Waals surface area contributed by atoms with E-state index in [0.717, 1.165) is 0 Å². The molecule has 7 aromatic carbocycles. The van der Waals surface area contributed by atoms with Gasteiger partial charge in [-0.3, -0.25) is 0 Å². The summed E-state index contributed by atoms with van der Waals surface area (Å²) in [5.41, 5.74) is 12.1. The Bertz CT molecular complexity index is 2160. The van der Waals surface area contributed by atoms with Crippen LogP contribution in [0, 0.1) is 0 Å². The van der Waals surface area contributed by atoms with Gasteiger partial charge in [0.15, 0.2) is 0 Å². The van der Waals surface area contributed by atoms with E-state index in [1.54, 1.807) is 0 Å². The molecule has 0 nitrogen and oxygen atoms in total. The highest BCUT2D eigenvalue weighted by molar-refractivity contribution is 6.01. The summed E-state index contributed by atoms with van der Waals surface area (Å²) in [5.74, 6) is 0. The maximum atomic E-state index is 2.33. The molecule has 0 aliphatic rings. The average Bonchev–Trinajstić information content (AvgIpc) is 3.13. The lowest BCUT2D eigenvalue weighted by molar-refractivity contribution is 1.56. The molecular weight excluding hydrogens is 577 g/mol. The molecule has 0 N–H and O–H groups in total. The minimum Gasteiger partial charge on any atom is -0.0622 e. The molecule has 7 aromatic rings. The van der Waals surface area contributed by atoms with Crippen LogP contribution in [0.4, 0.5) is 0 Å². The van der Waals surface area contributed by atoms with Gasteiger partial charge in [0.1, 0.15) is 0 Å². The van der Waals surface area contributed by atoms with Crippen LogP contribution in [0.25, 0.3) is 69.1 Å². The van der Waals surface area contributed by atoms with Gasteiger partial charge in [-0.15, -0.1) is 0 Å². The summed E-state index contributed by atoms with van der Waals surface area (Å²) >= 11 is 0. The van der Waals surface area contributed by atoms with Crippen molar-refractivity contribution in [1.29, 1.82) is 0 Å². The Labute approximate surface area is 284 Å². The highest BCUT2D eigenvalue weighted by Gasteiger charge is 2.06. The van der Waals surface area contributed by atoms with Crippen LogP contribution in [0.5, 0.6) is 0 Å². The molecule has 0 aromatic heterocycles. The fourth-order valence-corrected chi connectivity index (χ4v) is 6.30. The summed E-state index contributed by atoms with van der Waals surface area (Å²) in [6.45, 7) is 4.36. The number of benzene rings is 7. The Hall–Kier alpha value is -5.98. The molecule has 0 unspecified atom stereocenters. The lowest BCUT2D eigenvalue weighted by Crippen LogP contribution is -1.87. The molecule has 48 heavy (non-hydrogen) atoms. The molecule has 0 saturated carbocycles. The number of hydrogen-bond donors (Lipinski definition) is 0. The van der Waals surface area contributed by atoms with Crippen LogP contribution in [0.3, 0.4) is 0 Å². The third kappa shape index (κ3) is 7.04. The summed E-state index contributed by atoms with van der Waals surface area (Å²) in [6, 6.07) is 56.3. The Morgan fingerprint density at radius 3 is 1.06 bits per heavy atom. The van der Waals surface area contributed by atoms with Crippen LogP contribution < -0.4 is 0 Å². The van der Waals surface area contributed by atoms with Gasteiger partial charge in [-0.1, -0.05) is 170 Å². The fraction of sp³-hybridized carbons (Fsp3) is 0.0417. The summed E-state index contributed by atoms with van der Waals surface area (Å²) < 4.78 is 0. The second-order valence-corrected chi connectivity index (χ2v) is 12.3. The highest BCUT2D eigenvalue weighted by atomic mass is 14.1. The summed E-state index contributed by atoms with van der Waals surface area (Å²) in [7, 11) is 0. The largest absolute Gasteiger partial charge is 0.0622 e. The molecule has 0 aliphatic carbocycles. The molecule has 0 fully saturated rings. The predicted molar refractivity (Wildman–Crippen MR) is 212 cm³/mol. The van der Waals surface area contributed by atoms with Crippen molar-refractivity contribution < 1.29 is 0 Å². The second-order valence-electron chi connectivity index (χ2n) is 12.3. The maximum Gasteiger partial charge on any atom is -0.0171 e. The minimum atomic E-state index is 1.18. The Morgan fingerprint density at radius 2 is 0.646 bits per heavy atom. The molecule has 230 valence electrons. The Kier molecular flexibility index (Phi) is 9.07. The van der Waals surface area contributed by atoms with Crippen molar-refractivity contribution in [2.24, 2.45) is 0 Å². The molecule has 0 saturated heterocycles. The molecule has 0 amide bonds. The number of allylic oxidation sites excluding steroid dienone is 2. The van der Waals surface area contributed by atoms with E-state index in [2.05, 4.69) is 208 Å². The molecule has 0 spiro atoms. The van der Waals surface area contributed by atoms with Gasteiger partial charge in [-0.25, -0.2) is 0 Å². The summed E-state index contributed by atoms with van der Waals surface area (Å²) in [4.78, 5) is 0. The van der Waals surface area contributed by atoms with Gasteiger partial charge in [0.25, 0.3) is 0 Å². The van der Waals surface area contributed by atoms with Crippen molar-refractivity contribution in [2.75, 3.05) is 0 Å².